The van der Waals surface area contributed by atoms with Gasteiger partial charge in [-0.15, -0.1) is 0 Å². The van der Waals surface area contributed by atoms with Gasteiger partial charge in [0.2, 0.25) is 0 Å². The second-order valence-corrected chi connectivity index (χ2v) is 5.50. The molecule has 0 amide bonds. The smallest absolute Gasteiger partial charge is 0.154 e. The molecule has 2 nitrogen and oxygen atoms in total. The topological polar surface area (TPSA) is 34.1 Å². The van der Waals surface area contributed by atoms with Gasteiger partial charge < -0.3 is 0 Å². The molecular weight excluding hydrogens is 196 g/mol. The molecule has 0 atom stereocenters. The average molecular weight is 210 g/mol. The largest absolute Gasteiger partial charge is 0.229 e. The summed E-state index contributed by atoms with van der Waals surface area (Å²) < 4.78 is 22.6. The summed E-state index contributed by atoms with van der Waals surface area (Å²) in [5, 5.41) is 0. The number of benzene rings is 1. The SMILES string of the molecule is C=C(CS(=O)(=O)CC)c1ccccc1. The van der Waals surface area contributed by atoms with E-state index in [0.717, 1.165) is 5.56 Å². The minimum Gasteiger partial charge on any atom is -0.229 e. The van der Waals surface area contributed by atoms with E-state index in [9.17, 15) is 8.42 Å². The van der Waals surface area contributed by atoms with E-state index in [2.05, 4.69) is 6.58 Å². The first-order valence-electron chi connectivity index (χ1n) is 4.49. The Morgan fingerprint density at radius 2 is 1.86 bits per heavy atom. The Morgan fingerprint density at radius 3 is 2.36 bits per heavy atom. The standard InChI is InChI=1S/C11H14O2S/c1-3-14(12,13)9-10(2)11-7-5-4-6-8-11/h4-8H,2-3,9H2,1H3. The van der Waals surface area contributed by atoms with Gasteiger partial charge in [0.1, 0.15) is 0 Å². The molecule has 0 saturated carbocycles. The molecule has 0 N–H and O–H groups in total. The molecule has 0 radical (unpaired) electrons. The van der Waals surface area contributed by atoms with Crippen LogP contribution in [0.1, 0.15) is 12.5 Å². The van der Waals surface area contributed by atoms with Crippen LogP contribution < -0.4 is 0 Å². The van der Waals surface area contributed by atoms with Crippen molar-refractivity contribution in [3.8, 4) is 0 Å². The second-order valence-electron chi connectivity index (χ2n) is 3.15. The van der Waals surface area contributed by atoms with Crippen LogP contribution in [0.15, 0.2) is 36.9 Å². The van der Waals surface area contributed by atoms with E-state index in [-0.39, 0.29) is 11.5 Å². The van der Waals surface area contributed by atoms with Gasteiger partial charge in [0.05, 0.1) is 5.75 Å². The predicted molar refractivity (Wildman–Crippen MR) is 59.8 cm³/mol. The molecule has 1 rings (SSSR count). The van der Waals surface area contributed by atoms with Gasteiger partial charge in [-0.1, -0.05) is 43.8 Å². The van der Waals surface area contributed by atoms with Crippen molar-refractivity contribution in [3.63, 3.8) is 0 Å². The van der Waals surface area contributed by atoms with Gasteiger partial charge in [0.15, 0.2) is 9.84 Å². The predicted octanol–water partition coefficient (Wildman–Crippen LogP) is 2.13. The molecule has 0 aromatic heterocycles. The summed E-state index contributed by atoms with van der Waals surface area (Å²) in [5.41, 5.74) is 1.55. The van der Waals surface area contributed by atoms with Crippen LogP contribution in [0.2, 0.25) is 0 Å². The summed E-state index contributed by atoms with van der Waals surface area (Å²) in [6.07, 6.45) is 0. The lowest BCUT2D eigenvalue weighted by molar-refractivity contribution is 0.600. The Labute approximate surface area is 85.2 Å². The van der Waals surface area contributed by atoms with Gasteiger partial charge in [-0.2, -0.15) is 0 Å². The van der Waals surface area contributed by atoms with Crippen molar-refractivity contribution in [2.24, 2.45) is 0 Å². The van der Waals surface area contributed by atoms with Crippen molar-refractivity contribution in [1.82, 2.24) is 0 Å². The molecule has 0 aliphatic carbocycles. The highest BCUT2D eigenvalue weighted by Gasteiger charge is 2.10. The van der Waals surface area contributed by atoms with Crippen molar-refractivity contribution in [1.29, 1.82) is 0 Å². The zero-order chi connectivity index (χ0) is 10.6. The van der Waals surface area contributed by atoms with Gasteiger partial charge in [0.25, 0.3) is 0 Å². The normalized spacial score (nSPS) is 11.2. The molecule has 0 unspecified atom stereocenters. The fourth-order valence-electron chi connectivity index (χ4n) is 1.12. The summed E-state index contributed by atoms with van der Waals surface area (Å²) in [7, 11) is -2.97. The quantitative estimate of drug-likeness (QED) is 0.763. The molecular formula is C11H14O2S. The Balaban J connectivity index is 2.79. The van der Waals surface area contributed by atoms with Crippen molar-refractivity contribution < 1.29 is 8.42 Å². The van der Waals surface area contributed by atoms with Gasteiger partial charge >= 0.3 is 0 Å². The van der Waals surface area contributed by atoms with Crippen molar-refractivity contribution in [2.45, 2.75) is 6.92 Å². The summed E-state index contributed by atoms with van der Waals surface area (Å²) in [4.78, 5) is 0. The molecule has 76 valence electrons. The van der Waals surface area contributed by atoms with E-state index in [0.29, 0.717) is 5.57 Å². The molecule has 0 spiro atoms. The highest BCUT2D eigenvalue weighted by molar-refractivity contribution is 7.91. The number of hydrogen-bond acceptors (Lipinski definition) is 2. The van der Waals surface area contributed by atoms with Crippen LogP contribution >= 0.6 is 0 Å². The highest BCUT2D eigenvalue weighted by Crippen LogP contribution is 2.13. The Morgan fingerprint density at radius 1 is 1.29 bits per heavy atom. The monoisotopic (exact) mass is 210 g/mol. The number of sulfone groups is 1. The maximum Gasteiger partial charge on any atom is 0.154 e. The second kappa shape index (κ2) is 4.42. The first kappa shape index (κ1) is 11.0. The van der Waals surface area contributed by atoms with Crippen LogP contribution in [0, 0.1) is 0 Å². The average Bonchev–Trinajstić information content (AvgIpc) is 2.19. The van der Waals surface area contributed by atoms with Crippen LogP contribution in [0.5, 0.6) is 0 Å². The van der Waals surface area contributed by atoms with E-state index in [1.165, 1.54) is 0 Å². The third-order valence-corrected chi connectivity index (χ3v) is 3.68. The molecule has 1 aromatic carbocycles. The lowest BCUT2D eigenvalue weighted by Crippen LogP contribution is -2.09. The first-order chi connectivity index (χ1) is 6.55. The third kappa shape index (κ3) is 3.00. The van der Waals surface area contributed by atoms with Crippen molar-refractivity contribution in [3.05, 3.63) is 42.5 Å². The minimum atomic E-state index is -2.97. The van der Waals surface area contributed by atoms with E-state index >= 15 is 0 Å². The lowest BCUT2D eigenvalue weighted by Gasteiger charge is -2.05. The van der Waals surface area contributed by atoms with Gasteiger partial charge in [-0.25, -0.2) is 8.42 Å². The van der Waals surface area contributed by atoms with Crippen LogP contribution in [-0.4, -0.2) is 19.9 Å². The molecule has 0 aliphatic rings. The van der Waals surface area contributed by atoms with E-state index in [1.54, 1.807) is 6.92 Å². The maximum atomic E-state index is 11.3. The van der Waals surface area contributed by atoms with Gasteiger partial charge in [-0.05, 0) is 11.1 Å². The lowest BCUT2D eigenvalue weighted by atomic mass is 10.1. The number of hydrogen-bond donors (Lipinski definition) is 0. The highest BCUT2D eigenvalue weighted by atomic mass is 32.2. The fraction of sp³-hybridized carbons (Fsp3) is 0.273. The first-order valence-corrected chi connectivity index (χ1v) is 6.31. The van der Waals surface area contributed by atoms with Crippen LogP contribution in [0.3, 0.4) is 0 Å². The van der Waals surface area contributed by atoms with Crippen LogP contribution in [-0.2, 0) is 9.84 Å². The molecule has 0 heterocycles. The zero-order valence-corrected chi connectivity index (χ0v) is 9.05. The fourth-order valence-corrected chi connectivity index (χ4v) is 2.03. The van der Waals surface area contributed by atoms with Crippen molar-refractivity contribution in [2.75, 3.05) is 11.5 Å². The van der Waals surface area contributed by atoms with Gasteiger partial charge in [0, 0.05) is 5.75 Å². The summed E-state index contributed by atoms with van der Waals surface area (Å²) >= 11 is 0. The minimum absolute atomic E-state index is 0.0491. The molecule has 0 bridgehead atoms. The molecule has 3 heteroatoms. The van der Waals surface area contributed by atoms with E-state index in [4.69, 9.17) is 0 Å². The Kier molecular flexibility index (Phi) is 3.47. The molecule has 0 aliphatic heterocycles. The molecule has 14 heavy (non-hydrogen) atoms. The third-order valence-electron chi connectivity index (χ3n) is 2.02. The summed E-state index contributed by atoms with van der Waals surface area (Å²) in [6, 6.07) is 9.38. The Bertz CT molecular complexity index is 404. The molecule has 1 aromatic rings. The molecule has 0 saturated heterocycles. The van der Waals surface area contributed by atoms with Crippen LogP contribution in [0.25, 0.3) is 5.57 Å². The van der Waals surface area contributed by atoms with Crippen molar-refractivity contribution >= 4 is 15.4 Å². The zero-order valence-electron chi connectivity index (χ0n) is 8.23. The van der Waals surface area contributed by atoms with E-state index < -0.39 is 9.84 Å². The number of rotatable bonds is 4. The van der Waals surface area contributed by atoms with Gasteiger partial charge in [-0.3, -0.25) is 0 Å². The molecule has 0 fully saturated rings. The maximum absolute atomic E-state index is 11.3. The summed E-state index contributed by atoms with van der Waals surface area (Å²) in [6.45, 7) is 5.43. The summed E-state index contributed by atoms with van der Waals surface area (Å²) in [5.74, 6) is 0.215. The van der Waals surface area contributed by atoms with Crippen LogP contribution in [0.4, 0.5) is 0 Å². The van der Waals surface area contributed by atoms with E-state index in [1.807, 2.05) is 30.3 Å². The Hall–Kier alpha value is -1.09.